The zero-order valence-corrected chi connectivity index (χ0v) is 66.5. The van der Waals surface area contributed by atoms with Gasteiger partial charge in [-0.25, -0.2) is 0 Å². The fourth-order valence-corrected chi connectivity index (χ4v) is 15.4. The molecule has 616 valence electrons. The molecule has 0 saturated carbocycles. The minimum Gasteiger partial charge on any atom is -0.507 e. The summed E-state index contributed by atoms with van der Waals surface area (Å²) in [6.45, 7) is 9.03. The minimum absolute atomic E-state index is 0.0784. The van der Waals surface area contributed by atoms with Crippen molar-refractivity contribution in [2.24, 2.45) is 0 Å². The smallest absolute Gasteiger partial charge is 0.256 e. The second kappa shape index (κ2) is 44.7. The van der Waals surface area contributed by atoms with Crippen LogP contribution in [0.5, 0.6) is 46.0 Å². The molecule has 4 amide bonds. The molecule has 0 aliphatic carbocycles. The number of aliphatic hydroxyl groups is 4. The zero-order valence-electron chi connectivity index (χ0n) is 64.8. The Morgan fingerprint density at radius 2 is 0.612 bits per heavy atom. The Labute approximate surface area is 679 Å². The van der Waals surface area contributed by atoms with Crippen LogP contribution in [-0.4, -0.2) is 280 Å². The van der Waals surface area contributed by atoms with E-state index >= 15 is 0 Å². The number of morpholine rings is 2. The standard InChI is InChI=1S/2C21H24N2O6.2C21H24N2O5S/c2*1-14(25)20-18(26)5-2-6-19(20)29-13-15-12-28-11-9-23(15)21(27)16-4-3-8-22-17(16)7-10-24;2*1-14(25)20-18(26)5-2-6-19(20)28-12-15-13-29-11-9-23(15)21(27)16-4-3-8-22-17(16)7-10-24/h4*2-6,8,15,24,26H,7,9-13H2,1H3/t4*15-/m0010/s1. The molecule has 0 spiro atoms. The van der Waals surface area contributed by atoms with Crippen molar-refractivity contribution in [2.75, 3.05) is 128 Å². The van der Waals surface area contributed by atoms with E-state index in [2.05, 4.69) is 19.9 Å². The molecular formula is C84H96N8O22S2. The summed E-state index contributed by atoms with van der Waals surface area (Å²) in [5.41, 5.74) is 4.59. The van der Waals surface area contributed by atoms with Crippen LogP contribution in [0.2, 0.25) is 0 Å². The average Bonchev–Trinajstić information content (AvgIpc) is 0.829. The van der Waals surface area contributed by atoms with E-state index in [0.717, 1.165) is 11.5 Å². The highest BCUT2D eigenvalue weighted by atomic mass is 32.2. The number of carbonyl (C=O) groups excluding carboxylic acids is 8. The minimum atomic E-state index is -0.374. The monoisotopic (exact) mass is 1630 g/mol. The Bertz CT molecular complexity index is 4130. The van der Waals surface area contributed by atoms with Gasteiger partial charge in [0.1, 0.15) is 94.7 Å². The van der Waals surface area contributed by atoms with Crippen LogP contribution in [-0.2, 0) is 35.2 Å². The summed E-state index contributed by atoms with van der Waals surface area (Å²) in [4.78, 5) is 124. The largest absolute Gasteiger partial charge is 0.507 e. The van der Waals surface area contributed by atoms with E-state index in [0.29, 0.717) is 133 Å². The third-order valence-corrected chi connectivity index (χ3v) is 21.2. The molecule has 4 aliphatic heterocycles. The number of pyridine rings is 4. The molecule has 4 aromatic heterocycles. The van der Waals surface area contributed by atoms with Crippen LogP contribution >= 0.6 is 23.5 Å². The van der Waals surface area contributed by atoms with Crippen molar-refractivity contribution >= 4 is 70.3 Å². The Kier molecular flexibility index (Phi) is 34.2. The van der Waals surface area contributed by atoms with Gasteiger partial charge in [-0.3, -0.25) is 58.3 Å². The summed E-state index contributed by atoms with van der Waals surface area (Å²) in [7, 11) is 0. The van der Waals surface area contributed by atoms with Gasteiger partial charge in [0.25, 0.3) is 23.6 Å². The van der Waals surface area contributed by atoms with Gasteiger partial charge in [0.15, 0.2) is 23.1 Å². The molecule has 0 unspecified atom stereocenters. The highest BCUT2D eigenvalue weighted by Crippen LogP contribution is 2.34. The third-order valence-electron chi connectivity index (χ3n) is 19.0. The summed E-state index contributed by atoms with van der Waals surface area (Å²) in [5, 5.41) is 76.8. The number of ketones is 4. The Morgan fingerprint density at radius 1 is 0.362 bits per heavy atom. The van der Waals surface area contributed by atoms with Gasteiger partial charge in [-0.15, -0.1) is 0 Å². The first kappa shape index (κ1) is 88.8. The fourth-order valence-electron chi connectivity index (χ4n) is 13.3. The number of Topliss-reactive ketones (excluding diaryl/α,β-unsaturated/α-hetero) is 4. The molecule has 12 rings (SSSR count). The summed E-state index contributed by atoms with van der Waals surface area (Å²) in [5.74, 6) is 1.77. The number of hydrogen-bond donors (Lipinski definition) is 8. The van der Waals surface area contributed by atoms with Crippen molar-refractivity contribution in [3.8, 4) is 46.0 Å². The number of ether oxygens (including phenoxy) is 6. The molecule has 116 heavy (non-hydrogen) atoms. The maximum Gasteiger partial charge on any atom is 0.256 e. The van der Waals surface area contributed by atoms with Gasteiger partial charge in [0.05, 0.1) is 95.6 Å². The number of amides is 4. The number of aliphatic hydroxyl groups excluding tert-OH is 4. The number of carbonyl (C=O) groups is 8. The normalized spacial score (nSPS) is 16.5. The van der Waals surface area contributed by atoms with E-state index in [1.54, 1.807) is 165 Å². The number of thioether (sulfide) groups is 2. The van der Waals surface area contributed by atoms with Gasteiger partial charge in [0.2, 0.25) is 0 Å². The van der Waals surface area contributed by atoms with Crippen LogP contribution < -0.4 is 18.9 Å². The maximum atomic E-state index is 13.2. The summed E-state index contributed by atoms with van der Waals surface area (Å²) < 4.78 is 34.4. The van der Waals surface area contributed by atoms with Gasteiger partial charge in [-0.05, 0) is 125 Å². The van der Waals surface area contributed by atoms with Crippen molar-refractivity contribution in [2.45, 2.75) is 77.5 Å². The lowest BCUT2D eigenvalue weighted by atomic mass is 10.1. The second-order valence-electron chi connectivity index (χ2n) is 26.9. The van der Waals surface area contributed by atoms with E-state index in [1.807, 2.05) is 0 Å². The van der Waals surface area contributed by atoms with Crippen molar-refractivity contribution in [3.05, 3.63) is 213 Å². The highest BCUT2D eigenvalue weighted by Gasteiger charge is 2.36. The second-order valence-corrected chi connectivity index (χ2v) is 29.2. The zero-order chi connectivity index (χ0) is 83.2. The molecule has 4 atom stereocenters. The molecule has 0 radical (unpaired) electrons. The van der Waals surface area contributed by atoms with Crippen molar-refractivity contribution in [1.82, 2.24) is 39.5 Å². The predicted octanol–water partition coefficient (Wildman–Crippen LogP) is 7.21. The number of hydrogen-bond acceptors (Lipinski definition) is 28. The molecule has 32 heteroatoms. The number of nitrogens with zero attached hydrogens (tertiary/aromatic N) is 8. The van der Waals surface area contributed by atoms with Gasteiger partial charge >= 0.3 is 0 Å². The van der Waals surface area contributed by atoms with E-state index in [4.69, 9.17) is 28.4 Å². The number of aromatic hydroxyl groups is 4. The Hall–Kier alpha value is -11.1. The highest BCUT2D eigenvalue weighted by molar-refractivity contribution is 7.99. The molecular weight excluding hydrogens is 1540 g/mol. The lowest BCUT2D eigenvalue weighted by Crippen LogP contribution is -2.51. The van der Waals surface area contributed by atoms with Gasteiger partial charge in [0, 0.05) is 126 Å². The molecule has 4 aromatic carbocycles. The molecule has 8 aromatic rings. The fraction of sp³-hybridized carbons (Fsp3) is 0.381. The molecule has 0 bridgehead atoms. The average molecular weight is 1630 g/mol. The molecule has 4 fully saturated rings. The number of phenols is 4. The molecule has 8 heterocycles. The lowest BCUT2D eigenvalue weighted by Gasteiger charge is -2.35. The summed E-state index contributed by atoms with van der Waals surface area (Å²) >= 11 is 3.47. The first-order valence-corrected chi connectivity index (χ1v) is 40.0. The third kappa shape index (κ3) is 23.6. The van der Waals surface area contributed by atoms with Crippen LogP contribution in [0.4, 0.5) is 0 Å². The van der Waals surface area contributed by atoms with E-state index in [1.165, 1.54) is 52.0 Å². The first-order chi connectivity index (χ1) is 56.1. The van der Waals surface area contributed by atoms with Gasteiger partial charge in [-0.1, -0.05) is 24.3 Å². The number of aromatic nitrogens is 4. The van der Waals surface area contributed by atoms with Crippen molar-refractivity contribution < 1.29 is 108 Å². The molecule has 8 N–H and O–H groups in total. The Morgan fingerprint density at radius 3 is 0.862 bits per heavy atom. The number of benzene rings is 4. The van der Waals surface area contributed by atoms with Crippen molar-refractivity contribution in [3.63, 3.8) is 0 Å². The van der Waals surface area contributed by atoms with E-state index in [9.17, 15) is 79.2 Å². The quantitative estimate of drug-likeness (QED) is 0.0224. The van der Waals surface area contributed by atoms with Crippen LogP contribution in [0.1, 0.15) is 133 Å². The number of phenolic OH excluding ortho intramolecular Hbond substituents is 4. The SMILES string of the molecule is CC(=O)c1c(O)cccc1OC[C@@H]1COCCN1C(=O)c1cccnc1CCO.CC(=O)c1c(O)cccc1OC[C@@H]1COCCN1C(=O)c1cccnc1CCO.CC(=O)c1c(O)cccc1OC[C@@H]1CSCCN1C(=O)c1cccnc1CCO.CC(=O)c1c(O)cccc1OC[C@H]1CSCCN1C(=O)c1cccnc1CCO. The van der Waals surface area contributed by atoms with Crippen LogP contribution in [0.3, 0.4) is 0 Å². The molecule has 30 nitrogen and oxygen atoms in total. The van der Waals surface area contributed by atoms with Crippen molar-refractivity contribution in [1.29, 1.82) is 0 Å². The molecule has 4 aliphatic rings. The van der Waals surface area contributed by atoms with Gasteiger partial charge in [-0.2, -0.15) is 23.5 Å². The topological polar surface area (TPSA) is 418 Å². The lowest BCUT2D eigenvalue weighted by molar-refractivity contribution is -0.0152. The van der Waals surface area contributed by atoms with Crippen LogP contribution in [0.25, 0.3) is 0 Å². The maximum absolute atomic E-state index is 13.2. The van der Waals surface area contributed by atoms with E-state index < -0.39 is 0 Å². The summed E-state index contributed by atoms with van der Waals surface area (Å²) in [6, 6.07) is 31.1. The molecule has 4 saturated heterocycles. The predicted molar refractivity (Wildman–Crippen MR) is 430 cm³/mol. The first-order valence-electron chi connectivity index (χ1n) is 37.7. The van der Waals surface area contributed by atoms with E-state index in [-0.39, 0.29) is 194 Å². The summed E-state index contributed by atoms with van der Waals surface area (Å²) in [6.07, 6.45) is 7.62. The Balaban J connectivity index is 0.000000177. The van der Waals surface area contributed by atoms with Gasteiger partial charge < -0.3 is 88.9 Å². The van der Waals surface area contributed by atoms with Crippen LogP contribution in [0, 0.1) is 0 Å². The van der Waals surface area contributed by atoms with Crippen LogP contribution in [0.15, 0.2) is 146 Å². The number of rotatable bonds is 28.